The molecule has 0 N–H and O–H groups in total. The van der Waals surface area contributed by atoms with Crippen LogP contribution in [0, 0.1) is 7.14 Å². The zero-order chi connectivity index (χ0) is 18.3. The fourth-order valence-electron chi connectivity index (χ4n) is 2.77. The van der Waals surface area contributed by atoms with Gasteiger partial charge in [-0.3, -0.25) is 0 Å². The van der Waals surface area contributed by atoms with Crippen LogP contribution in [0.15, 0.2) is 42.5 Å². The van der Waals surface area contributed by atoms with Crippen LogP contribution < -0.4 is 52.6 Å². The second-order valence-corrected chi connectivity index (χ2v) is 128. The van der Waals surface area contributed by atoms with Gasteiger partial charge in [-0.15, -0.1) is 0 Å². The normalized spacial score (nSPS) is 20.6. The van der Waals surface area contributed by atoms with Crippen molar-refractivity contribution < 1.29 is 57.3 Å². The number of hydrogen-bond donors (Lipinski definition) is 0. The molecule has 1 amide bonds. The molecule has 0 radical (unpaired) electrons. The van der Waals surface area contributed by atoms with Crippen LogP contribution in [0.3, 0.4) is 0 Å². The van der Waals surface area contributed by atoms with Crippen LogP contribution in [0.25, 0.3) is 0 Å². The fraction of sp³-hybridized carbons (Fsp3) is 0.125. The van der Waals surface area contributed by atoms with Crippen LogP contribution in [-0.4, -0.2) is 11.7 Å². The van der Waals surface area contributed by atoms with Crippen molar-refractivity contribution in [2.24, 2.45) is 0 Å². The minimum atomic E-state index is -0.716. The molecule has 144 valence electrons. The van der Waals surface area contributed by atoms with E-state index in [1.165, 1.54) is 5.56 Å². The van der Waals surface area contributed by atoms with Crippen molar-refractivity contribution in [1.29, 1.82) is 0 Å². The van der Waals surface area contributed by atoms with Crippen molar-refractivity contribution in [3.8, 4) is 0 Å². The maximum absolute atomic E-state index is 12.9. The van der Waals surface area contributed by atoms with Crippen molar-refractivity contribution >= 4 is 76.1 Å². The number of amides is 1. The summed E-state index contributed by atoms with van der Waals surface area (Å²) in [6.07, 6.45) is 0.487. The number of carbonyl (C=O) groups is 2. The molecule has 2 aromatic rings. The first-order chi connectivity index (χ1) is 12.6. The second-order valence-electron chi connectivity index (χ2n) is 5.34. The third kappa shape index (κ3) is 4.63. The first-order valence-corrected chi connectivity index (χ1v) is 47.2. The van der Waals surface area contributed by atoms with Gasteiger partial charge >= 0.3 is 206 Å². The molecule has 3 nitrogen and oxygen atoms in total. The van der Waals surface area contributed by atoms with E-state index < -0.39 is 15.8 Å². The number of carbonyl (C=O) groups excluding carboxylic acids is 2. The molecule has 0 saturated heterocycles. The Kier molecular flexibility index (Phi) is 8.32. The summed E-state index contributed by atoms with van der Waals surface area (Å²) < 4.78 is 3.23. The SMILES string of the molecule is O=C1CC(=O)N(c2ccccc2)c2ccc3c(c2C1)[I-]I(I)I([I-]I)[I-]3. The zero-order valence-electron chi connectivity index (χ0n) is 12.9. The minimum absolute atomic E-state index is 0.0238. The van der Waals surface area contributed by atoms with E-state index in [1.54, 1.807) is 7.14 Å². The Morgan fingerprint density at radius 3 is 2.54 bits per heavy atom. The molecular weight excluding hydrogens is 1130 g/mol. The van der Waals surface area contributed by atoms with Gasteiger partial charge in [0.2, 0.25) is 0 Å². The Hall–Kier alpha value is 2.69. The molecule has 26 heavy (non-hydrogen) atoms. The standard InChI is InChI=1S/C16H11I7NO2/c17-21-23-19-13-6-7-14-12(16(13)20-22(23)18)8-11(25)9-15(26)24(14)10-4-2-1-3-5-10/h1-7H,8-9H2/q-3. The van der Waals surface area contributed by atoms with Gasteiger partial charge in [0, 0.05) is 0 Å². The predicted octanol–water partition coefficient (Wildman–Crippen LogP) is -3.14. The van der Waals surface area contributed by atoms with Gasteiger partial charge in [0.05, 0.1) is 0 Å². The molecule has 4 rings (SSSR count). The van der Waals surface area contributed by atoms with Crippen molar-refractivity contribution in [2.75, 3.05) is 4.90 Å². The molecule has 0 aliphatic carbocycles. The third-order valence-corrected chi connectivity index (χ3v) is 294. The Bertz CT molecular complexity index is 876. The molecule has 2 heterocycles. The first-order valence-electron chi connectivity index (χ1n) is 7.30. The summed E-state index contributed by atoms with van der Waals surface area (Å²) in [4.78, 5) is 27.2. The summed E-state index contributed by atoms with van der Waals surface area (Å²) in [5, 5.41) is 0. The number of Topliss-reactive ketones (excluding diaryl/α,β-unsaturated/α-hetero) is 1. The zero-order valence-corrected chi connectivity index (χ0v) is 28.0. The summed E-state index contributed by atoms with van der Waals surface area (Å²) in [5.41, 5.74) is 3.09. The van der Waals surface area contributed by atoms with Gasteiger partial charge in [-0.1, -0.05) is 0 Å². The van der Waals surface area contributed by atoms with E-state index in [9.17, 15) is 9.59 Å². The number of halogens is 7. The van der Waals surface area contributed by atoms with E-state index >= 15 is 0 Å². The third-order valence-electron chi connectivity index (χ3n) is 3.78. The van der Waals surface area contributed by atoms with E-state index in [4.69, 9.17) is 0 Å². The Morgan fingerprint density at radius 2 is 1.81 bits per heavy atom. The van der Waals surface area contributed by atoms with E-state index in [-0.39, 0.29) is 52.6 Å². The molecule has 0 bridgehead atoms. The number of anilines is 2. The summed E-state index contributed by atoms with van der Waals surface area (Å²) >= 11 is 6.45. The predicted molar refractivity (Wildman–Crippen MR) is 127 cm³/mol. The first kappa shape index (κ1) is 21.9. The van der Waals surface area contributed by atoms with Gasteiger partial charge in [-0.2, -0.15) is 0 Å². The fourth-order valence-corrected chi connectivity index (χ4v) is 363. The van der Waals surface area contributed by atoms with Crippen molar-refractivity contribution in [3.63, 3.8) is 0 Å². The van der Waals surface area contributed by atoms with Crippen molar-refractivity contribution in [2.45, 2.75) is 12.8 Å². The van der Waals surface area contributed by atoms with E-state index in [0.29, 0.717) is 19.7 Å². The molecule has 0 atom stereocenters. The van der Waals surface area contributed by atoms with Gasteiger partial charge in [0.15, 0.2) is 0 Å². The molecule has 2 aromatic carbocycles. The number of hydrogen-bond acceptors (Lipinski definition) is 2. The van der Waals surface area contributed by atoms with Crippen LogP contribution in [0.5, 0.6) is 0 Å². The summed E-state index contributed by atoms with van der Waals surface area (Å²) in [6, 6.07) is 14.3. The van der Waals surface area contributed by atoms with E-state index in [2.05, 4.69) is 49.4 Å². The molecule has 0 aromatic heterocycles. The van der Waals surface area contributed by atoms with Crippen LogP contribution >= 0.6 is 53.0 Å². The summed E-state index contributed by atoms with van der Waals surface area (Å²) in [7, 11) is -1.26. The van der Waals surface area contributed by atoms with Crippen LogP contribution in [0.2, 0.25) is 0 Å². The molecule has 0 saturated carbocycles. The summed E-state index contributed by atoms with van der Waals surface area (Å²) in [5.74, 6) is 0.00127. The second kappa shape index (κ2) is 9.88. The van der Waals surface area contributed by atoms with Gasteiger partial charge in [-0.05, 0) is 0 Å². The van der Waals surface area contributed by atoms with Crippen LogP contribution in [-0.2, 0) is 16.0 Å². The quantitative estimate of drug-likeness (QED) is 0.236. The molecule has 0 unspecified atom stereocenters. The molecule has 0 spiro atoms. The summed E-state index contributed by atoms with van der Waals surface area (Å²) in [6.45, 7) is 0. The molecular formula is C16H11I7NO2-3. The molecule has 2 aliphatic rings. The van der Waals surface area contributed by atoms with Gasteiger partial charge in [0.25, 0.3) is 0 Å². The van der Waals surface area contributed by atoms with Gasteiger partial charge in [0.1, 0.15) is 0 Å². The van der Waals surface area contributed by atoms with Crippen molar-refractivity contribution in [1.82, 2.24) is 0 Å². The van der Waals surface area contributed by atoms with Gasteiger partial charge in [-0.25, -0.2) is 0 Å². The Labute approximate surface area is 201 Å². The number of para-hydroxylation sites is 1. The average molecular weight is 1140 g/mol. The van der Waals surface area contributed by atoms with Crippen LogP contribution in [0.4, 0.5) is 11.4 Å². The Morgan fingerprint density at radius 1 is 1.04 bits per heavy atom. The molecule has 10 heteroatoms. The number of fused-ring (bicyclic) bond motifs is 3. The number of nitrogens with zero attached hydrogens (tertiary/aromatic N) is 1. The molecule has 0 fully saturated rings. The monoisotopic (exact) mass is 1140 g/mol. The topological polar surface area (TPSA) is 37.4 Å². The Balaban J connectivity index is 1.87. The van der Waals surface area contributed by atoms with Gasteiger partial charge < -0.3 is 0 Å². The van der Waals surface area contributed by atoms with Crippen molar-refractivity contribution in [3.05, 3.63) is 55.2 Å². The number of ketones is 1. The average Bonchev–Trinajstić information content (AvgIpc) is 2.76. The van der Waals surface area contributed by atoms with E-state index in [0.717, 1.165) is 11.4 Å². The number of benzene rings is 2. The maximum atomic E-state index is 12.9. The van der Waals surface area contributed by atoms with E-state index in [1.807, 2.05) is 35.2 Å². The van der Waals surface area contributed by atoms with Crippen LogP contribution in [0.1, 0.15) is 12.0 Å². The number of rotatable bonds is 2. The molecule has 2 aliphatic heterocycles.